The highest BCUT2D eigenvalue weighted by Crippen LogP contribution is 2.39. The first-order valence-corrected chi connectivity index (χ1v) is 14.0. The largest absolute Gasteiger partial charge is 0.457 e. The van der Waals surface area contributed by atoms with Crippen LogP contribution in [0.1, 0.15) is 49.6 Å². The van der Waals surface area contributed by atoms with Crippen molar-refractivity contribution in [3.63, 3.8) is 0 Å². The van der Waals surface area contributed by atoms with E-state index in [9.17, 15) is 26.0 Å². The lowest BCUT2D eigenvalue weighted by Crippen LogP contribution is -2.53. The van der Waals surface area contributed by atoms with Crippen LogP contribution in [-0.2, 0) is 14.8 Å². The molecule has 208 valence electrons. The van der Waals surface area contributed by atoms with Crippen molar-refractivity contribution in [1.82, 2.24) is 9.62 Å². The van der Waals surface area contributed by atoms with Crippen molar-refractivity contribution < 1.29 is 30.7 Å². The van der Waals surface area contributed by atoms with Crippen LogP contribution in [0, 0.1) is 5.82 Å². The van der Waals surface area contributed by atoms with Crippen LogP contribution in [0.15, 0.2) is 53.5 Å². The van der Waals surface area contributed by atoms with Crippen molar-refractivity contribution in [3.05, 3.63) is 65.5 Å². The van der Waals surface area contributed by atoms with Crippen LogP contribution >= 0.6 is 0 Å². The molecule has 2 aliphatic rings. The molecule has 0 radical (unpaired) electrons. The topological polar surface area (TPSA) is 74.2 Å². The van der Waals surface area contributed by atoms with Gasteiger partial charge in [-0.25, -0.2) is 22.5 Å². The first-order valence-electron chi connectivity index (χ1n) is 12.4. The minimum Gasteiger partial charge on any atom is -0.457 e. The Kier molecular flexibility index (Phi) is 7.94. The number of sulfonamides is 1. The highest BCUT2D eigenvalue weighted by Gasteiger charge is 2.48. The normalized spacial score (nSPS) is 23.5. The van der Waals surface area contributed by atoms with E-state index >= 15 is 0 Å². The summed E-state index contributed by atoms with van der Waals surface area (Å²) < 4.78 is 86.6. The van der Waals surface area contributed by atoms with Crippen molar-refractivity contribution >= 4 is 21.7 Å². The maximum atomic E-state index is 14.1. The van der Waals surface area contributed by atoms with Crippen molar-refractivity contribution in [2.24, 2.45) is 4.99 Å². The van der Waals surface area contributed by atoms with Gasteiger partial charge in [0, 0.05) is 44.0 Å². The summed E-state index contributed by atoms with van der Waals surface area (Å²) in [4.78, 5) is 8.15. The molecule has 2 unspecified atom stereocenters. The zero-order chi connectivity index (χ0) is 27.7. The molecule has 4 rings (SSSR count). The maximum absolute atomic E-state index is 14.1. The third kappa shape index (κ3) is 6.58. The molecule has 2 heterocycles. The fourth-order valence-corrected chi connectivity index (χ4v) is 6.71. The van der Waals surface area contributed by atoms with Crippen LogP contribution in [0.25, 0.3) is 0 Å². The van der Waals surface area contributed by atoms with Crippen molar-refractivity contribution in [3.8, 4) is 0 Å². The number of ether oxygens (including phenoxy) is 1. The molecular formula is C26H32F4N4O3S. The molecule has 1 N–H and O–H groups in total. The number of anilines is 1. The molecule has 2 saturated heterocycles. The van der Waals surface area contributed by atoms with E-state index in [4.69, 9.17) is 4.74 Å². The van der Waals surface area contributed by atoms with Gasteiger partial charge in [0.2, 0.25) is 10.0 Å². The lowest BCUT2D eigenvalue weighted by Gasteiger charge is -2.40. The molecule has 0 aliphatic carbocycles. The maximum Gasteiger partial charge on any atom is 0.390 e. The molecule has 0 amide bonds. The van der Waals surface area contributed by atoms with E-state index in [1.807, 2.05) is 12.1 Å². The summed E-state index contributed by atoms with van der Waals surface area (Å²) in [7, 11) is -3.95. The number of nitrogens with zero attached hydrogens (tertiary/aromatic N) is 3. The Morgan fingerprint density at radius 1 is 1.08 bits per heavy atom. The molecule has 2 aromatic rings. The van der Waals surface area contributed by atoms with E-state index < -0.39 is 45.3 Å². The SMILES string of the molecule is CC(N=C1NS(=O)(=O)C(c2ccc(N3CCN(CCC(F)(F)F)CC3)cc2)C(C)(C)O1)c1ccccc1F. The number of piperazine rings is 1. The number of halogens is 4. The second-order valence-electron chi connectivity index (χ2n) is 10.1. The summed E-state index contributed by atoms with van der Waals surface area (Å²) in [6.45, 7) is 7.16. The molecule has 2 fully saturated rings. The molecule has 2 atom stereocenters. The molecule has 0 aromatic heterocycles. The standard InChI is InChI=1S/C26H32F4N4O3S/c1-18(21-6-4-5-7-22(21)27)31-24-32-38(35,36)23(25(2,3)37-24)19-8-10-20(11-9-19)34-16-14-33(15-17-34)13-12-26(28,29)30/h4-11,18,23H,12-17H2,1-3H3,(H,31,32). The van der Waals surface area contributed by atoms with Crippen LogP contribution in [0.3, 0.4) is 0 Å². The van der Waals surface area contributed by atoms with Gasteiger partial charge in [-0.1, -0.05) is 30.3 Å². The molecule has 0 saturated carbocycles. The number of amidine groups is 1. The number of benzene rings is 2. The summed E-state index contributed by atoms with van der Waals surface area (Å²) in [6.07, 6.45) is -4.98. The van der Waals surface area contributed by atoms with Gasteiger partial charge in [-0.2, -0.15) is 13.2 Å². The zero-order valence-electron chi connectivity index (χ0n) is 21.5. The Hall–Kier alpha value is -2.86. The lowest BCUT2D eigenvalue weighted by molar-refractivity contribution is -0.138. The van der Waals surface area contributed by atoms with Crippen LogP contribution in [0.5, 0.6) is 0 Å². The van der Waals surface area contributed by atoms with Crippen LogP contribution in [0.2, 0.25) is 0 Å². The van der Waals surface area contributed by atoms with Gasteiger partial charge in [-0.05, 0) is 44.5 Å². The van der Waals surface area contributed by atoms with Crippen LogP contribution < -0.4 is 9.62 Å². The van der Waals surface area contributed by atoms with E-state index in [1.54, 1.807) is 56.0 Å². The van der Waals surface area contributed by atoms with Gasteiger partial charge in [-0.3, -0.25) is 4.90 Å². The zero-order valence-corrected chi connectivity index (χ0v) is 22.3. The average molecular weight is 557 g/mol. The fourth-order valence-electron chi connectivity index (χ4n) is 4.94. The van der Waals surface area contributed by atoms with Crippen molar-refractivity contribution in [2.45, 2.75) is 50.3 Å². The highest BCUT2D eigenvalue weighted by molar-refractivity contribution is 7.90. The third-order valence-electron chi connectivity index (χ3n) is 6.84. The monoisotopic (exact) mass is 556 g/mol. The second kappa shape index (κ2) is 10.7. The summed E-state index contributed by atoms with van der Waals surface area (Å²) in [5, 5.41) is -1.04. The van der Waals surface area contributed by atoms with Gasteiger partial charge in [0.15, 0.2) is 0 Å². The summed E-state index contributed by atoms with van der Waals surface area (Å²) in [5.41, 5.74) is 0.532. The number of rotatable bonds is 6. The quantitative estimate of drug-likeness (QED) is 0.519. The number of aliphatic imine (C=N–C) groups is 1. The Labute approximate surface area is 220 Å². The van der Waals surface area contributed by atoms with Crippen molar-refractivity contribution in [1.29, 1.82) is 0 Å². The summed E-state index contributed by atoms with van der Waals surface area (Å²) in [6, 6.07) is 12.4. The highest BCUT2D eigenvalue weighted by atomic mass is 32.2. The molecular weight excluding hydrogens is 524 g/mol. The minimum atomic E-state index is -4.16. The Morgan fingerprint density at radius 3 is 2.29 bits per heavy atom. The van der Waals surface area contributed by atoms with Gasteiger partial charge < -0.3 is 9.64 Å². The number of alkyl halides is 3. The van der Waals surface area contributed by atoms with Crippen LogP contribution in [0.4, 0.5) is 23.2 Å². The number of nitrogens with one attached hydrogen (secondary N) is 1. The second-order valence-corrected chi connectivity index (χ2v) is 11.9. The van der Waals surface area contributed by atoms with E-state index in [-0.39, 0.29) is 12.6 Å². The minimum absolute atomic E-state index is 0.0116. The smallest absolute Gasteiger partial charge is 0.390 e. The Bertz CT molecular complexity index is 1260. The van der Waals surface area contributed by atoms with E-state index in [0.29, 0.717) is 37.3 Å². The molecule has 0 spiro atoms. The van der Waals surface area contributed by atoms with Crippen molar-refractivity contribution in [2.75, 3.05) is 37.6 Å². The van der Waals surface area contributed by atoms with Crippen LogP contribution in [-0.4, -0.2) is 63.8 Å². The number of hydrogen-bond acceptors (Lipinski definition) is 6. The Morgan fingerprint density at radius 2 is 1.71 bits per heavy atom. The predicted molar refractivity (Wildman–Crippen MR) is 138 cm³/mol. The molecule has 38 heavy (non-hydrogen) atoms. The first-order chi connectivity index (χ1) is 17.7. The molecule has 2 aliphatic heterocycles. The molecule has 12 heteroatoms. The van der Waals surface area contributed by atoms with Gasteiger partial charge >= 0.3 is 6.18 Å². The predicted octanol–water partition coefficient (Wildman–Crippen LogP) is 4.79. The first kappa shape index (κ1) is 28.2. The fraction of sp³-hybridized carbons (Fsp3) is 0.500. The lowest BCUT2D eigenvalue weighted by atomic mass is 9.97. The van der Waals surface area contributed by atoms with Gasteiger partial charge in [0.05, 0.1) is 12.5 Å². The number of hydrogen-bond donors (Lipinski definition) is 1. The molecule has 2 aromatic carbocycles. The molecule has 0 bridgehead atoms. The van der Waals surface area contributed by atoms with Gasteiger partial charge in [-0.15, -0.1) is 0 Å². The van der Waals surface area contributed by atoms with E-state index in [2.05, 4.69) is 14.6 Å². The van der Waals surface area contributed by atoms with E-state index in [1.165, 1.54) is 6.07 Å². The molecule has 7 nitrogen and oxygen atoms in total. The van der Waals surface area contributed by atoms with E-state index in [0.717, 1.165) is 5.69 Å². The summed E-state index contributed by atoms with van der Waals surface area (Å²) >= 11 is 0. The summed E-state index contributed by atoms with van der Waals surface area (Å²) in [5.74, 6) is -0.442. The Balaban J connectivity index is 1.44. The average Bonchev–Trinajstić information content (AvgIpc) is 2.82. The third-order valence-corrected chi connectivity index (χ3v) is 8.76. The van der Waals surface area contributed by atoms with Gasteiger partial charge in [0.1, 0.15) is 16.7 Å². The van der Waals surface area contributed by atoms with Gasteiger partial charge in [0.25, 0.3) is 6.02 Å².